The van der Waals surface area contributed by atoms with E-state index in [0.29, 0.717) is 23.3 Å². The van der Waals surface area contributed by atoms with Crippen LogP contribution < -0.4 is 16.0 Å². The van der Waals surface area contributed by atoms with Crippen molar-refractivity contribution in [2.45, 2.75) is 38.3 Å². The summed E-state index contributed by atoms with van der Waals surface area (Å²) in [4.78, 5) is 28.1. The monoisotopic (exact) mass is 329 g/mol. The second-order valence-corrected chi connectivity index (χ2v) is 5.72. The molecular formula is C16H19N5O3. The minimum absolute atomic E-state index is 0.124. The van der Waals surface area contributed by atoms with Gasteiger partial charge < -0.3 is 20.5 Å². The van der Waals surface area contributed by atoms with E-state index in [1.165, 1.54) is 0 Å². The summed E-state index contributed by atoms with van der Waals surface area (Å²) < 4.78 is 5.06. The van der Waals surface area contributed by atoms with E-state index in [-0.39, 0.29) is 12.5 Å². The van der Waals surface area contributed by atoms with Gasteiger partial charge in [-0.25, -0.2) is 4.79 Å². The molecule has 0 bridgehead atoms. The molecule has 0 spiro atoms. The molecule has 24 heavy (non-hydrogen) atoms. The molecule has 2 aromatic rings. The number of amides is 3. The molecule has 1 aromatic carbocycles. The first-order valence-electron chi connectivity index (χ1n) is 7.84. The molecule has 0 radical (unpaired) electrons. The van der Waals surface area contributed by atoms with Crippen LogP contribution in [0.1, 0.15) is 37.4 Å². The SMILES string of the molecule is CC(NC(=O)NCc1nc(C2CC2)no1)C(=O)Nc1ccccc1. The lowest BCUT2D eigenvalue weighted by Gasteiger charge is -2.14. The Morgan fingerprint density at radius 1 is 1.29 bits per heavy atom. The van der Waals surface area contributed by atoms with Gasteiger partial charge >= 0.3 is 6.03 Å². The summed E-state index contributed by atoms with van der Waals surface area (Å²) in [7, 11) is 0. The fourth-order valence-corrected chi connectivity index (χ4v) is 2.09. The van der Waals surface area contributed by atoms with Crippen LogP contribution in [0.4, 0.5) is 10.5 Å². The van der Waals surface area contributed by atoms with Crippen LogP contribution in [-0.4, -0.2) is 28.1 Å². The molecule has 1 saturated carbocycles. The summed E-state index contributed by atoms with van der Waals surface area (Å²) in [5, 5.41) is 11.7. The topological polar surface area (TPSA) is 109 Å². The summed E-state index contributed by atoms with van der Waals surface area (Å²) in [5.74, 6) is 1.15. The number of nitrogens with zero attached hydrogens (tertiary/aromatic N) is 2. The van der Waals surface area contributed by atoms with Gasteiger partial charge in [0.1, 0.15) is 6.04 Å². The van der Waals surface area contributed by atoms with Crippen LogP contribution in [0, 0.1) is 0 Å². The van der Waals surface area contributed by atoms with Gasteiger partial charge in [-0.3, -0.25) is 4.79 Å². The van der Waals surface area contributed by atoms with Crippen LogP contribution in [0.15, 0.2) is 34.9 Å². The molecular weight excluding hydrogens is 310 g/mol. The van der Waals surface area contributed by atoms with E-state index in [1.807, 2.05) is 18.2 Å². The maximum absolute atomic E-state index is 12.0. The highest BCUT2D eigenvalue weighted by atomic mass is 16.5. The summed E-state index contributed by atoms with van der Waals surface area (Å²) >= 11 is 0. The van der Waals surface area contributed by atoms with Crippen LogP contribution in [0.3, 0.4) is 0 Å². The Balaban J connectivity index is 1.42. The maximum Gasteiger partial charge on any atom is 0.315 e. The lowest BCUT2D eigenvalue weighted by Crippen LogP contribution is -2.46. The Morgan fingerprint density at radius 3 is 2.75 bits per heavy atom. The first-order valence-corrected chi connectivity index (χ1v) is 7.84. The lowest BCUT2D eigenvalue weighted by molar-refractivity contribution is -0.117. The van der Waals surface area contributed by atoms with Crippen molar-refractivity contribution < 1.29 is 14.1 Å². The minimum Gasteiger partial charge on any atom is -0.337 e. The number of aromatic nitrogens is 2. The Hall–Kier alpha value is -2.90. The molecule has 1 aromatic heterocycles. The first kappa shape index (κ1) is 16.0. The van der Waals surface area contributed by atoms with Crippen LogP contribution in [0.5, 0.6) is 0 Å². The Labute approximate surface area is 139 Å². The number of urea groups is 1. The number of hydrogen-bond acceptors (Lipinski definition) is 5. The van der Waals surface area contributed by atoms with Crippen molar-refractivity contribution in [2.75, 3.05) is 5.32 Å². The van der Waals surface area contributed by atoms with Gasteiger partial charge in [0, 0.05) is 11.6 Å². The molecule has 1 aliphatic carbocycles. The molecule has 8 nitrogen and oxygen atoms in total. The van der Waals surface area contributed by atoms with Gasteiger partial charge in [0.25, 0.3) is 0 Å². The molecule has 1 heterocycles. The van der Waals surface area contributed by atoms with Gasteiger partial charge in [-0.15, -0.1) is 0 Å². The molecule has 3 rings (SSSR count). The summed E-state index contributed by atoms with van der Waals surface area (Å²) in [6, 6.07) is 7.89. The Morgan fingerprint density at radius 2 is 2.04 bits per heavy atom. The van der Waals surface area contributed by atoms with Gasteiger partial charge in [0.05, 0.1) is 6.54 Å². The highest BCUT2D eigenvalue weighted by Crippen LogP contribution is 2.37. The number of nitrogens with one attached hydrogen (secondary N) is 3. The van der Waals surface area contributed by atoms with Gasteiger partial charge in [-0.05, 0) is 31.9 Å². The smallest absolute Gasteiger partial charge is 0.315 e. The number of carbonyl (C=O) groups is 2. The number of para-hydroxylation sites is 1. The van der Waals surface area contributed by atoms with Crippen molar-refractivity contribution in [3.05, 3.63) is 42.0 Å². The summed E-state index contributed by atoms with van der Waals surface area (Å²) in [5.41, 5.74) is 0.676. The zero-order chi connectivity index (χ0) is 16.9. The fourth-order valence-electron chi connectivity index (χ4n) is 2.09. The van der Waals surface area contributed by atoms with Gasteiger partial charge in [0.2, 0.25) is 11.8 Å². The first-order chi connectivity index (χ1) is 11.6. The largest absolute Gasteiger partial charge is 0.337 e. The van der Waals surface area contributed by atoms with Crippen molar-refractivity contribution in [1.29, 1.82) is 0 Å². The lowest BCUT2D eigenvalue weighted by atomic mass is 10.2. The molecule has 3 amide bonds. The number of benzene rings is 1. The average molecular weight is 329 g/mol. The predicted octanol–water partition coefficient (Wildman–Crippen LogP) is 1.77. The standard InChI is InChI=1S/C16H19N5O3/c1-10(15(22)19-12-5-3-2-4-6-12)18-16(23)17-9-13-20-14(21-24-13)11-7-8-11/h2-6,10-11H,7-9H2,1H3,(H,19,22)(H2,17,18,23). The number of carbonyl (C=O) groups excluding carboxylic acids is 2. The van der Waals surface area contributed by atoms with E-state index < -0.39 is 12.1 Å². The van der Waals surface area contributed by atoms with Crippen LogP contribution in [0.25, 0.3) is 0 Å². The molecule has 126 valence electrons. The van der Waals surface area contributed by atoms with Crippen molar-refractivity contribution in [2.24, 2.45) is 0 Å². The van der Waals surface area contributed by atoms with Crippen molar-refractivity contribution in [1.82, 2.24) is 20.8 Å². The third-order valence-corrected chi connectivity index (χ3v) is 3.61. The Bertz CT molecular complexity index is 712. The van der Waals surface area contributed by atoms with E-state index in [9.17, 15) is 9.59 Å². The van der Waals surface area contributed by atoms with E-state index in [0.717, 1.165) is 12.8 Å². The third kappa shape index (κ3) is 4.31. The van der Waals surface area contributed by atoms with Gasteiger partial charge in [-0.2, -0.15) is 4.98 Å². The number of hydrogen-bond donors (Lipinski definition) is 3. The highest BCUT2D eigenvalue weighted by Gasteiger charge is 2.28. The summed E-state index contributed by atoms with van der Waals surface area (Å²) in [6.45, 7) is 1.73. The number of anilines is 1. The molecule has 1 aliphatic rings. The number of rotatable bonds is 6. The molecule has 1 atom stereocenters. The Kier molecular flexibility index (Phi) is 4.74. The zero-order valence-electron chi connectivity index (χ0n) is 13.3. The minimum atomic E-state index is -0.685. The molecule has 3 N–H and O–H groups in total. The molecule has 0 saturated heterocycles. The maximum atomic E-state index is 12.0. The summed E-state index contributed by atoms with van der Waals surface area (Å²) in [6.07, 6.45) is 2.17. The van der Waals surface area contributed by atoms with Crippen molar-refractivity contribution in [3.63, 3.8) is 0 Å². The fraction of sp³-hybridized carbons (Fsp3) is 0.375. The quantitative estimate of drug-likeness (QED) is 0.748. The van der Waals surface area contributed by atoms with Crippen LogP contribution in [-0.2, 0) is 11.3 Å². The second kappa shape index (κ2) is 7.12. The van der Waals surface area contributed by atoms with Gasteiger partial charge in [0.15, 0.2) is 5.82 Å². The second-order valence-electron chi connectivity index (χ2n) is 5.72. The van der Waals surface area contributed by atoms with E-state index in [4.69, 9.17) is 4.52 Å². The molecule has 1 fully saturated rings. The van der Waals surface area contributed by atoms with E-state index >= 15 is 0 Å². The highest BCUT2D eigenvalue weighted by molar-refractivity contribution is 5.96. The molecule has 0 aliphatic heterocycles. The molecule has 1 unspecified atom stereocenters. The average Bonchev–Trinajstić information content (AvgIpc) is 3.32. The van der Waals surface area contributed by atoms with E-state index in [2.05, 4.69) is 26.1 Å². The zero-order valence-corrected chi connectivity index (χ0v) is 13.3. The van der Waals surface area contributed by atoms with E-state index in [1.54, 1.807) is 19.1 Å². The van der Waals surface area contributed by atoms with Crippen LogP contribution in [0.2, 0.25) is 0 Å². The normalized spacial score (nSPS) is 14.7. The van der Waals surface area contributed by atoms with Crippen LogP contribution >= 0.6 is 0 Å². The van der Waals surface area contributed by atoms with Crippen molar-refractivity contribution in [3.8, 4) is 0 Å². The third-order valence-electron chi connectivity index (χ3n) is 3.61. The van der Waals surface area contributed by atoms with Gasteiger partial charge in [-0.1, -0.05) is 23.4 Å². The predicted molar refractivity (Wildman–Crippen MR) is 86.2 cm³/mol. The molecule has 8 heteroatoms. The van der Waals surface area contributed by atoms with Crippen molar-refractivity contribution >= 4 is 17.6 Å².